The zero-order valence-corrected chi connectivity index (χ0v) is 12.5. The Labute approximate surface area is 125 Å². The molecule has 0 saturated carbocycles. The van der Waals surface area contributed by atoms with Gasteiger partial charge in [-0.2, -0.15) is 5.10 Å². The highest BCUT2D eigenvalue weighted by atomic mass is 32.1. The molecule has 3 aromatic heterocycles. The van der Waals surface area contributed by atoms with Crippen LogP contribution in [0, 0.1) is 6.92 Å². The molecule has 0 fully saturated rings. The summed E-state index contributed by atoms with van der Waals surface area (Å²) >= 11 is 1.50. The van der Waals surface area contributed by atoms with Crippen molar-refractivity contribution in [3.8, 4) is 11.3 Å². The summed E-state index contributed by atoms with van der Waals surface area (Å²) in [5, 5.41) is 16.0. The molecule has 7 nitrogen and oxygen atoms in total. The highest BCUT2D eigenvalue weighted by Gasteiger charge is 2.11. The van der Waals surface area contributed by atoms with Crippen LogP contribution < -0.4 is 10.6 Å². The van der Waals surface area contributed by atoms with Gasteiger partial charge in [-0.15, -0.1) is 11.3 Å². The second-order valence-electron chi connectivity index (χ2n) is 4.37. The van der Waals surface area contributed by atoms with Crippen LogP contribution in [0.5, 0.6) is 0 Å². The lowest BCUT2D eigenvalue weighted by Gasteiger charge is -2.02. The highest BCUT2D eigenvalue weighted by Crippen LogP contribution is 2.29. The number of aromatic amines is 1. The first-order valence-corrected chi connectivity index (χ1v) is 7.44. The molecule has 108 valence electrons. The van der Waals surface area contributed by atoms with Crippen molar-refractivity contribution in [2.75, 3.05) is 17.2 Å². The fourth-order valence-corrected chi connectivity index (χ4v) is 2.56. The Hall–Kier alpha value is -2.48. The molecule has 0 aliphatic heterocycles. The fraction of sp³-hybridized carbons (Fsp3) is 0.231. The Bertz CT molecular complexity index is 733. The van der Waals surface area contributed by atoms with E-state index in [1.54, 1.807) is 12.4 Å². The first kappa shape index (κ1) is 13.5. The van der Waals surface area contributed by atoms with Crippen molar-refractivity contribution >= 4 is 28.2 Å². The van der Waals surface area contributed by atoms with Crippen molar-refractivity contribution in [2.24, 2.45) is 0 Å². The molecule has 0 aromatic carbocycles. The maximum atomic E-state index is 4.55. The number of nitrogens with one attached hydrogen (secondary N) is 3. The fourth-order valence-electron chi connectivity index (χ4n) is 1.85. The van der Waals surface area contributed by atoms with E-state index in [-0.39, 0.29) is 0 Å². The minimum absolute atomic E-state index is 0.551. The zero-order valence-electron chi connectivity index (χ0n) is 11.7. The van der Waals surface area contributed by atoms with Crippen molar-refractivity contribution in [1.29, 1.82) is 0 Å². The summed E-state index contributed by atoms with van der Waals surface area (Å²) in [4.78, 5) is 13.0. The Morgan fingerprint density at radius 3 is 3.05 bits per heavy atom. The largest absolute Gasteiger partial charge is 0.370 e. The van der Waals surface area contributed by atoms with Crippen LogP contribution in [0.3, 0.4) is 0 Å². The molecule has 3 rings (SSSR count). The van der Waals surface area contributed by atoms with Crippen LogP contribution in [-0.2, 0) is 0 Å². The van der Waals surface area contributed by atoms with Crippen LogP contribution in [0.1, 0.15) is 12.6 Å². The van der Waals surface area contributed by atoms with E-state index in [4.69, 9.17) is 0 Å². The number of hydrogen-bond acceptors (Lipinski definition) is 7. The predicted octanol–water partition coefficient (Wildman–Crippen LogP) is 2.81. The lowest BCUT2D eigenvalue weighted by molar-refractivity contribution is 1.07. The van der Waals surface area contributed by atoms with Crippen molar-refractivity contribution < 1.29 is 0 Å². The number of thiazole rings is 1. The van der Waals surface area contributed by atoms with Gasteiger partial charge in [0.2, 0.25) is 5.95 Å². The Balaban J connectivity index is 1.81. The van der Waals surface area contributed by atoms with E-state index in [0.29, 0.717) is 5.95 Å². The first-order valence-electron chi connectivity index (χ1n) is 6.56. The smallest absolute Gasteiger partial charge is 0.229 e. The van der Waals surface area contributed by atoms with Gasteiger partial charge in [0.15, 0.2) is 5.13 Å². The number of rotatable bonds is 5. The molecule has 0 unspecified atom stereocenters. The van der Waals surface area contributed by atoms with Crippen molar-refractivity contribution in [3.63, 3.8) is 0 Å². The van der Waals surface area contributed by atoms with Crippen LogP contribution in [-0.4, -0.2) is 31.7 Å². The number of aromatic nitrogens is 5. The van der Waals surface area contributed by atoms with Crippen molar-refractivity contribution in [2.45, 2.75) is 13.8 Å². The second kappa shape index (κ2) is 5.88. The monoisotopic (exact) mass is 301 g/mol. The van der Waals surface area contributed by atoms with Crippen LogP contribution in [0.2, 0.25) is 0 Å². The minimum Gasteiger partial charge on any atom is -0.370 e. The summed E-state index contributed by atoms with van der Waals surface area (Å²) in [5.41, 5.74) is 2.72. The van der Waals surface area contributed by atoms with E-state index < -0.39 is 0 Å². The summed E-state index contributed by atoms with van der Waals surface area (Å²) in [6.45, 7) is 4.78. The summed E-state index contributed by atoms with van der Waals surface area (Å²) < 4.78 is 0. The Morgan fingerprint density at radius 1 is 1.33 bits per heavy atom. The summed E-state index contributed by atoms with van der Waals surface area (Å²) in [6.07, 6.45) is 3.48. The molecule has 0 aliphatic carbocycles. The molecule has 0 spiro atoms. The minimum atomic E-state index is 0.551. The molecular weight excluding hydrogens is 286 g/mol. The van der Waals surface area contributed by atoms with Crippen LogP contribution in [0.25, 0.3) is 11.3 Å². The van der Waals surface area contributed by atoms with Gasteiger partial charge in [-0.1, -0.05) is 0 Å². The summed E-state index contributed by atoms with van der Waals surface area (Å²) in [6, 6.07) is 1.85. The molecule has 0 amide bonds. The molecule has 21 heavy (non-hydrogen) atoms. The quantitative estimate of drug-likeness (QED) is 0.671. The molecule has 0 aliphatic rings. The van der Waals surface area contributed by atoms with Gasteiger partial charge in [0.05, 0.1) is 17.5 Å². The third-order valence-corrected chi connectivity index (χ3v) is 3.54. The van der Waals surface area contributed by atoms with Gasteiger partial charge in [-0.3, -0.25) is 5.10 Å². The van der Waals surface area contributed by atoms with Gasteiger partial charge in [0.25, 0.3) is 0 Å². The van der Waals surface area contributed by atoms with E-state index in [2.05, 4.69) is 35.8 Å². The van der Waals surface area contributed by atoms with E-state index >= 15 is 0 Å². The van der Waals surface area contributed by atoms with Crippen LogP contribution in [0.15, 0.2) is 23.8 Å². The van der Waals surface area contributed by atoms with Gasteiger partial charge in [0.1, 0.15) is 5.82 Å². The number of aryl methyl sites for hydroxylation is 1. The first-order chi connectivity index (χ1) is 10.3. The topological polar surface area (TPSA) is 91.4 Å². The zero-order chi connectivity index (χ0) is 14.7. The number of hydrogen-bond donors (Lipinski definition) is 3. The maximum Gasteiger partial charge on any atom is 0.229 e. The second-order valence-corrected chi connectivity index (χ2v) is 5.23. The lowest BCUT2D eigenvalue weighted by atomic mass is 10.2. The van der Waals surface area contributed by atoms with Crippen LogP contribution in [0.4, 0.5) is 16.9 Å². The summed E-state index contributed by atoms with van der Waals surface area (Å²) in [7, 11) is 0. The third-order valence-electron chi connectivity index (χ3n) is 2.79. The molecule has 3 N–H and O–H groups in total. The molecule has 8 heteroatoms. The van der Waals surface area contributed by atoms with Gasteiger partial charge in [-0.05, 0) is 19.9 Å². The van der Waals surface area contributed by atoms with Gasteiger partial charge < -0.3 is 10.6 Å². The van der Waals surface area contributed by atoms with E-state index in [9.17, 15) is 0 Å². The lowest BCUT2D eigenvalue weighted by Crippen LogP contribution is -1.99. The van der Waals surface area contributed by atoms with Crippen LogP contribution >= 0.6 is 11.3 Å². The Morgan fingerprint density at radius 2 is 2.24 bits per heavy atom. The van der Waals surface area contributed by atoms with E-state index in [1.165, 1.54) is 11.3 Å². The normalized spacial score (nSPS) is 10.6. The van der Waals surface area contributed by atoms with Crippen molar-refractivity contribution in [1.82, 2.24) is 25.1 Å². The molecule has 0 bridgehead atoms. The molecule has 3 aromatic rings. The maximum absolute atomic E-state index is 4.55. The average molecular weight is 301 g/mol. The Kier molecular flexibility index (Phi) is 3.78. The average Bonchev–Trinajstić information content (AvgIpc) is 3.08. The molecule has 0 atom stereocenters. The molecule has 0 saturated heterocycles. The number of nitrogens with zero attached hydrogens (tertiary/aromatic N) is 4. The van der Waals surface area contributed by atoms with Gasteiger partial charge in [-0.25, -0.2) is 15.0 Å². The standard InChI is InChI=1S/C13H15N7S/c1-3-14-11-9(6-16-20-11)10-7-21-13(18-10)19-12-15-5-4-8(2)17-12/h4-7H,3H2,1-2H3,(H2,14,16,20)(H,15,17,18,19). The number of H-pyrrole nitrogens is 1. The van der Waals surface area contributed by atoms with Gasteiger partial charge in [0, 0.05) is 23.8 Å². The SMILES string of the molecule is CCNc1[nH]ncc1-c1csc(Nc2nccc(C)n2)n1. The van der Waals surface area contributed by atoms with Gasteiger partial charge >= 0.3 is 0 Å². The highest BCUT2D eigenvalue weighted by molar-refractivity contribution is 7.14. The number of anilines is 3. The predicted molar refractivity (Wildman–Crippen MR) is 83.9 cm³/mol. The van der Waals surface area contributed by atoms with E-state index in [1.807, 2.05) is 25.3 Å². The molecular formula is C13H15N7S. The molecule has 0 radical (unpaired) electrons. The van der Waals surface area contributed by atoms with Crippen molar-refractivity contribution in [3.05, 3.63) is 29.5 Å². The molecule has 3 heterocycles. The summed E-state index contributed by atoms with van der Waals surface area (Å²) in [5.74, 6) is 1.43. The third kappa shape index (κ3) is 3.00. The van der Waals surface area contributed by atoms with E-state index in [0.717, 1.165) is 34.4 Å².